The molecule has 0 unspecified atom stereocenters. The van der Waals surface area contributed by atoms with Crippen molar-refractivity contribution in [2.24, 2.45) is 5.92 Å². The van der Waals surface area contributed by atoms with Crippen molar-refractivity contribution in [1.82, 2.24) is 4.90 Å². The number of nitrogens with zero attached hydrogens (tertiary/aromatic N) is 1. The van der Waals surface area contributed by atoms with E-state index in [1.165, 1.54) is 18.9 Å². The molecule has 1 saturated heterocycles. The molecule has 0 bridgehead atoms. The Bertz CT molecular complexity index is 359. The summed E-state index contributed by atoms with van der Waals surface area (Å²) in [6.45, 7) is 5.19. The van der Waals surface area contributed by atoms with Crippen LogP contribution in [0.15, 0.2) is 23.1 Å². The summed E-state index contributed by atoms with van der Waals surface area (Å²) in [5, 5.41) is 0. The summed E-state index contributed by atoms with van der Waals surface area (Å²) in [6, 6.07) is 5.19. The zero-order valence-corrected chi connectivity index (χ0v) is 10.5. The van der Waals surface area contributed by atoms with Gasteiger partial charge in [-0.1, -0.05) is 13.0 Å². The number of rotatable bonds is 2. The van der Waals surface area contributed by atoms with Gasteiger partial charge in [-0.2, -0.15) is 0 Å². The predicted molar refractivity (Wildman–Crippen MR) is 67.3 cm³/mol. The highest BCUT2D eigenvalue weighted by molar-refractivity contribution is 7.80. The number of hydrogen-bond acceptors (Lipinski definition) is 2. The summed E-state index contributed by atoms with van der Waals surface area (Å²) in [6.07, 6.45) is 2.46. The van der Waals surface area contributed by atoms with Gasteiger partial charge in [-0.15, -0.1) is 12.6 Å². The van der Waals surface area contributed by atoms with Gasteiger partial charge in [-0.25, -0.2) is 4.39 Å². The van der Waals surface area contributed by atoms with E-state index in [2.05, 4.69) is 24.5 Å². The van der Waals surface area contributed by atoms with E-state index in [-0.39, 0.29) is 5.82 Å². The van der Waals surface area contributed by atoms with Crippen LogP contribution in [0.3, 0.4) is 0 Å². The first-order chi connectivity index (χ1) is 7.65. The van der Waals surface area contributed by atoms with Gasteiger partial charge in [0.05, 0.1) is 0 Å². The average molecular weight is 239 g/mol. The molecule has 88 valence electrons. The molecule has 0 radical (unpaired) electrons. The first-order valence-corrected chi connectivity index (χ1v) is 6.29. The molecule has 0 saturated carbocycles. The fourth-order valence-corrected chi connectivity index (χ4v) is 2.31. The number of thiol groups is 1. The second-order valence-corrected chi connectivity index (χ2v) is 5.25. The van der Waals surface area contributed by atoms with Crippen LogP contribution in [-0.4, -0.2) is 18.0 Å². The molecule has 1 fully saturated rings. The van der Waals surface area contributed by atoms with Crippen molar-refractivity contribution >= 4 is 12.6 Å². The van der Waals surface area contributed by atoms with Gasteiger partial charge >= 0.3 is 0 Å². The Hall–Kier alpha value is -0.540. The molecule has 1 aliphatic rings. The maximum atomic E-state index is 13.6. The summed E-state index contributed by atoms with van der Waals surface area (Å²) in [7, 11) is 0. The number of piperidine rings is 1. The maximum absolute atomic E-state index is 13.6. The van der Waals surface area contributed by atoms with Crippen molar-refractivity contribution in [3.63, 3.8) is 0 Å². The Morgan fingerprint density at radius 3 is 2.69 bits per heavy atom. The van der Waals surface area contributed by atoms with Crippen molar-refractivity contribution in [3.8, 4) is 0 Å². The van der Waals surface area contributed by atoms with Crippen LogP contribution >= 0.6 is 12.6 Å². The lowest BCUT2D eigenvalue weighted by Crippen LogP contribution is -2.32. The van der Waals surface area contributed by atoms with E-state index >= 15 is 0 Å². The van der Waals surface area contributed by atoms with Crippen molar-refractivity contribution in [2.75, 3.05) is 13.1 Å². The standard InChI is InChI=1S/C13H18FNS/c1-10-4-6-15(7-5-10)9-11-2-3-12(16)8-13(11)14/h2-3,8,10,16H,4-7,9H2,1H3. The monoisotopic (exact) mass is 239 g/mol. The molecule has 3 heteroatoms. The lowest BCUT2D eigenvalue weighted by atomic mass is 9.99. The van der Waals surface area contributed by atoms with Crippen LogP contribution in [0.4, 0.5) is 4.39 Å². The average Bonchev–Trinajstić information content (AvgIpc) is 2.25. The molecule has 1 aromatic carbocycles. The zero-order valence-electron chi connectivity index (χ0n) is 9.62. The van der Waals surface area contributed by atoms with Crippen LogP contribution in [0.25, 0.3) is 0 Å². The predicted octanol–water partition coefficient (Wildman–Crippen LogP) is 3.35. The molecule has 1 aromatic rings. The third kappa shape index (κ3) is 2.98. The summed E-state index contributed by atoms with van der Waals surface area (Å²) >= 11 is 4.13. The smallest absolute Gasteiger partial charge is 0.128 e. The van der Waals surface area contributed by atoms with Crippen molar-refractivity contribution in [1.29, 1.82) is 0 Å². The summed E-state index contributed by atoms with van der Waals surface area (Å²) in [4.78, 5) is 3.02. The highest BCUT2D eigenvalue weighted by Crippen LogP contribution is 2.20. The molecule has 16 heavy (non-hydrogen) atoms. The Labute approximate surface area is 102 Å². The molecular weight excluding hydrogens is 221 g/mol. The van der Waals surface area contributed by atoms with Gasteiger partial charge in [0, 0.05) is 17.0 Å². The molecule has 0 N–H and O–H groups in total. The molecule has 0 aliphatic carbocycles. The van der Waals surface area contributed by atoms with Crippen molar-refractivity contribution in [2.45, 2.75) is 31.2 Å². The quantitative estimate of drug-likeness (QED) is 0.775. The number of halogens is 1. The van der Waals surface area contributed by atoms with Crippen LogP contribution in [0.1, 0.15) is 25.3 Å². The van der Waals surface area contributed by atoms with E-state index in [9.17, 15) is 4.39 Å². The van der Waals surface area contributed by atoms with Crippen molar-refractivity contribution in [3.05, 3.63) is 29.6 Å². The normalized spacial score (nSPS) is 18.9. The lowest BCUT2D eigenvalue weighted by molar-refractivity contribution is 0.183. The SMILES string of the molecule is CC1CCN(Cc2ccc(S)cc2F)CC1. The molecular formula is C13H18FNS. The van der Waals surface area contributed by atoms with Gasteiger partial charge in [0.2, 0.25) is 0 Å². The van der Waals surface area contributed by atoms with Gasteiger partial charge < -0.3 is 0 Å². The summed E-state index contributed by atoms with van der Waals surface area (Å²) in [5.41, 5.74) is 0.785. The molecule has 1 heterocycles. The zero-order chi connectivity index (χ0) is 11.5. The van der Waals surface area contributed by atoms with Crippen LogP contribution in [0.2, 0.25) is 0 Å². The van der Waals surface area contributed by atoms with E-state index < -0.39 is 0 Å². The first-order valence-electron chi connectivity index (χ1n) is 5.85. The minimum atomic E-state index is -0.133. The van der Waals surface area contributed by atoms with Crippen molar-refractivity contribution < 1.29 is 4.39 Å². The number of hydrogen-bond donors (Lipinski definition) is 1. The fourth-order valence-electron chi connectivity index (χ4n) is 2.13. The highest BCUT2D eigenvalue weighted by Gasteiger charge is 2.16. The maximum Gasteiger partial charge on any atom is 0.128 e. The molecule has 0 spiro atoms. The lowest BCUT2D eigenvalue weighted by Gasteiger charge is -2.30. The Morgan fingerprint density at radius 1 is 1.38 bits per heavy atom. The molecule has 0 aromatic heterocycles. The van der Waals surface area contributed by atoms with E-state index in [4.69, 9.17) is 0 Å². The Kier molecular flexibility index (Phi) is 3.87. The minimum Gasteiger partial charge on any atom is -0.299 e. The largest absolute Gasteiger partial charge is 0.299 e. The van der Waals surface area contributed by atoms with E-state index in [1.54, 1.807) is 0 Å². The minimum absolute atomic E-state index is 0.133. The molecule has 1 aliphatic heterocycles. The van der Waals surface area contributed by atoms with Gasteiger partial charge in [0.25, 0.3) is 0 Å². The third-order valence-electron chi connectivity index (χ3n) is 3.31. The first kappa shape index (κ1) is 11.9. The topological polar surface area (TPSA) is 3.24 Å². The summed E-state index contributed by atoms with van der Waals surface area (Å²) in [5.74, 6) is 0.687. The second kappa shape index (κ2) is 5.19. The third-order valence-corrected chi connectivity index (χ3v) is 3.59. The second-order valence-electron chi connectivity index (χ2n) is 4.73. The number of likely N-dealkylation sites (tertiary alicyclic amines) is 1. The molecule has 0 atom stereocenters. The van der Waals surface area contributed by atoms with Gasteiger partial charge in [-0.05, 0) is 44.0 Å². The summed E-state index contributed by atoms with van der Waals surface area (Å²) < 4.78 is 13.6. The van der Waals surface area contributed by atoms with Gasteiger partial charge in [0.15, 0.2) is 0 Å². The van der Waals surface area contributed by atoms with Crippen LogP contribution in [-0.2, 0) is 6.54 Å². The van der Waals surface area contributed by atoms with Gasteiger partial charge in [-0.3, -0.25) is 4.90 Å². The van der Waals surface area contributed by atoms with E-state index in [0.29, 0.717) is 4.90 Å². The van der Waals surface area contributed by atoms with Crippen LogP contribution in [0.5, 0.6) is 0 Å². The molecule has 2 rings (SSSR count). The molecule has 0 amide bonds. The molecule has 1 nitrogen and oxygen atoms in total. The Morgan fingerprint density at radius 2 is 2.06 bits per heavy atom. The number of benzene rings is 1. The Balaban J connectivity index is 1.98. The van der Waals surface area contributed by atoms with E-state index in [1.807, 2.05) is 12.1 Å². The van der Waals surface area contributed by atoms with Crippen LogP contribution in [0, 0.1) is 11.7 Å². The van der Waals surface area contributed by atoms with E-state index in [0.717, 1.165) is 31.1 Å². The highest BCUT2D eigenvalue weighted by atomic mass is 32.1. The fraction of sp³-hybridized carbons (Fsp3) is 0.538. The van der Waals surface area contributed by atoms with Gasteiger partial charge in [0.1, 0.15) is 5.82 Å². The van der Waals surface area contributed by atoms with Crippen LogP contribution < -0.4 is 0 Å².